The Morgan fingerprint density at radius 2 is 1.94 bits per heavy atom. The summed E-state index contributed by atoms with van der Waals surface area (Å²) in [6, 6.07) is 4.88. The van der Waals surface area contributed by atoms with Crippen LogP contribution < -0.4 is 0 Å². The van der Waals surface area contributed by atoms with Crippen molar-refractivity contribution in [2.45, 2.75) is 44.9 Å². The fraction of sp³-hybridized carbons (Fsp3) is 0.538. The van der Waals surface area contributed by atoms with E-state index in [2.05, 4.69) is 13.8 Å². The van der Waals surface area contributed by atoms with E-state index in [9.17, 15) is 13.0 Å². The van der Waals surface area contributed by atoms with E-state index in [1.54, 1.807) is 12.1 Å². The Kier molecular flexibility index (Phi) is 4.71. The van der Waals surface area contributed by atoms with Crippen molar-refractivity contribution in [1.29, 1.82) is 0 Å². The second-order valence-electron chi connectivity index (χ2n) is 4.85. The van der Waals surface area contributed by atoms with Crippen molar-refractivity contribution in [3.05, 3.63) is 29.3 Å². The van der Waals surface area contributed by atoms with Gasteiger partial charge in [-0.1, -0.05) is 38.0 Å². The van der Waals surface area contributed by atoms with Gasteiger partial charge in [0.05, 0.1) is 4.90 Å². The van der Waals surface area contributed by atoms with E-state index < -0.39 is 10.1 Å². The van der Waals surface area contributed by atoms with E-state index in [0.717, 1.165) is 18.4 Å². The zero-order valence-corrected chi connectivity index (χ0v) is 11.4. The summed E-state index contributed by atoms with van der Waals surface area (Å²) in [6.45, 7) is 6.15. The topological polar surface area (TPSA) is 57.2 Å². The molecule has 96 valence electrons. The lowest BCUT2D eigenvalue weighted by molar-refractivity contribution is 0.461. The monoisotopic (exact) mass is 255 g/mol. The first-order valence-electron chi connectivity index (χ1n) is 5.86. The van der Waals surface area contributed by atoms with Crippen molar-refractivity contribution in [3.63, 3.8) is 0 Å². The predicted octanol–water partition coefficient (Wildman–Crippen LogP) is 2.88. The molecule has 0 atom stereocenters. The molecule has 0 heterocycles. The van der Waals surface area contributed by atoms with Crippen molar-refractivity contribution in [1.82, 2.24) is 0 Å². The summed E-state index contributed by atoms with van der Waals surface area (Å²) >= 11 is 0. The van der Waals surface area contributed by atoms with E-state index in [1.807, 2.05) is 6.92 Å². The molecule has 0 N–H and O–H groups in total. The molecule has 0 fully saturated rings. The molecule has 0 saturated carbocycles. The Hall–Kier alpha value is -0.870. The number of benzene rings is 1. The van der Waals surface area contributed by atoms with Gasteiger partial charge < -0.3 is 4.55 Å². The first-order chi connectivity index (χ1) is 7.80. The molecular weight excluding hydrogens is 236 g/mol. The summed E-state index contributed by atoms with van der Waals surface area (Å²) in [7, 11) is -4.35. The average molecular weight is 255 g/mol. The molecular formula is C13H19O3S-. The van der Waals surface area contributed by atoms with E-state index in [0.29, 0.717) is 17.9 Å². The molecule has 0 aliphatic rings. The van der Waals surface area contributed by atoms with Crippen LogP contribution in [0.25, 0.3) is 0 Å². The molecule has 0 aromatic heterocycles. The number of hydrogen-bond donors (Lipinski definition) is 0. The van der Waals surface area contributed by atoms with Crippen molar-refractivity contribution in [2.24, 2.45) is 5.92 Å². The molecule has 3 nitrogen and oxygen atoms in total. The molecule has 1 aromatic carbocycles. The van der Waals surface area contributed by atoms with Gasteiger partial charge in [0.1, 0.15) is 10.1 Å². The minimum Gasteiger partial charge on any atom is -0.744 e. The average Bonchev–Trinajstić information content (AvgIpc) is 2.15. The van der Waals surface area contributed by atoms with E-state index in [1.165, 1.54) is 6.07 Å². The van der Waals surface area contributed by atoms with E-state index in [-0.39, 0.29) is 4.90 Å². The minimum atomic E-state index is -4.35. The lowest BCUT2D eigenvalue weighted by Gasteiger charge is -2.14. The van der Waals surface area contributed by atoms with Crippen molar-refractivity contribution >= 4 is 10.1 Å². The second kappa shape index (κ2) is 5.65. The van der Waals surface area contributed by atoms with Gasteiger partial charge in [-0.05, 0) is 37.3 Å². The standard InChI is InChI=1S/C13H20O3S/c1-10(2)5-4-6-12-9-11(3)7-8-13(12)17(14,15)16/h7-10H,4-6H2,1-3H3,(H,14,15,16)/p-1. The predicted molar refractivity (Wildman–Crippen MR) is 66.9 cm³/mol. The molecule has 4 heteroatoms. The maximum Gasteiger partial charge on any atom is 0.124 e. The fourth-order valence-corrected chi connectivity index (χ4v) is 2.57. The molecule has 0 spiro atoms. The third-order valence-corrected chi connectivity index (χ3v) is 3.65. The highest BCUT2D eigenvalue weighted by molar-refractivity contribution is 7.85. The van der Waals surface area contributed by atoms with Gasteiger partial charge in [0.15, 0.2) is 0 Å². The van der Waals surface area contributed by atoms with Gasteiger partial charge >= 0.3 is 0 Å². The van der Waals surface area contributed by atoms with Crippen LogP contribution in [0, 0.1) is 12.8 Å². The maximum atomic E-state index is 11.1. The zero-order chi connectivity index (χ0) is 13.1. The van der Waals surface area contributed by atoms with Gasteiger partial charge in [-0.15, -0.1) is 0 Å². The number of rotatable bonds is 5. The minimum absolute atomic E-state index is 0.0631. The Morgan fingerprint density at radius 1 is 1.29 bits per heavy atom. The van der Waals surface area contributed by atoms with Crippen LogP contribution in [0.5, 0.6) is 0 Å². The highest BCUT2D eigenvalue weighted by Crippen LogP contribution is 2.20. The molecule has 0 unspecified atom stereocenters. The Labute approximate surface area is 104 Å². The fourth-order valence-electron chi connectivity index (χ4n) is 1.85. The molecule has 0 amide bonds. The summed E-state index contributed by atoms with van der Waals surface area (Å²) in [5, 5.41) is 0. The van der Waals surface area contributed by atoms with Gasteiger partial charge in [-0.25, -0.2) is 8.42 Å². The van der Waals surface area contributed by atoms with Crippen LogP contribution in [-0.4, -0.2) is 13.0 Å². The molecule has 0 radical (unpaired) electrons. The van der Waals surface area contributed by atoms with Crippen LogP contribution in [0.3, 0.4) is 0 Å². The van der Waals surface area contributed by atoms with Crippen LogP contribution in [0.2, 0.25) is 0 Å². The summed E-state index contributed by atoms with van der Waals surface area (Å²) in [6.07, 6.45) is 2.59. The Balaban J connectivity index is 2.92. The van der Waals surface area contributed by atoms with Crippen LogP contribution in [0.4, 0.5) is 0 Å². The summed E-state index contributed by atoms with van der Waals surface area (Å²) in [4.78, 5) is -0.0631. The first-order valence-corrected chi connectivity index (χ1v) is 7.27. The van der Waals surface area contributed by atoms with Crippen LogP contribution in [-0.2, 0) is 16.5 Å². The maximum absolute atomic E-state index is 11.1. The normalized spacial score (nSPS) is 12.1. The van der Waals surface area contributed by atoms with Gasteiger partial charge in [-0.3, -0.25) is 0 Å². The lowest BCUT2D eigenvalue weighted by Crippen LogP contribution is -2.04. The Bertz CT molecular complexity index is 475. The SMILES string of the molecule is Cc1ccc(S(=O)(=O)[O-])c(CCCC(C)C)c1. The van der Waals surface area contributed by atoms with E-state index in [4.69, 9.17) is 0 Å². The van der Waals surface area contributed by atoms with Crippen LogP contribution in [0.15, 0.2) is 23.1 Å². The van der Waals surface area contributed by atoms with Crippen molar-refractivity contribution in [2.75, 3.05) is 0 Å². The van der Waals surface area contributed by atoms with Crippen LogP contribution >= 0.6 is 0 Å². The molecule has 1 aromatic rings. The first kappa shape index (κ1) is 14.2. The Morgan fingerprint density at radius 3 is 2.47 bits per heavy atom. The highest BCUT2D eigenvalue weighted by Gasteiger charge is 2.09. The molecule has 0 bridgehead atoms. The summed E-state index contributed by atoms with van der Waals surface area (Å²) < 4.78 is 33.3. The van der Waals surface area contributed by atoms with Gasteiger partial charge in [0.25, 0.3) is 0 Å². The molecule has 0 aliphatic heterocycles. The van der Waals surface area contributed by atoms with Crippen LogP contribution in [0.1, 0.15) is 37.8 Å². The third kappa shape index (κ3) is 4.48. The third-order valence-electron chi connectivity index (χ3n) is 2.71. The quantitative estimate of drug-likeness (QED) is 0.760. The summed E-state index contributed by atoms with van der Waals surface area (Å²) in [5.74, 6) is 0.590. The second-order valence-corrected chi connectivity index (χ2v) is 6.20. The lowest BCUT2D eigenvalue weighted by atomic mass is 10.0. The molecule has 1 rings (SSSR count). The summed E-state index contributed by atoms with van der Waals surface area (Å²) in [5.41, 5.74) is 1.64. The van der Waals surface area contributed by atoms with Crippen molar-refractivity contribution < 1.29 is 13.0 Å². The zero-order valence-electron chi connectivity index (χ0n) is 10.6. The van der Waals surface area contributed by atoms with E-state index >= 15 is 0 Å². The molecule has 0 saturated heterocycles. The smallest absolute Gasteiger partial charge is 0.124 e. The van der Waals surface area contributed by atoms with Gasteiger partial charge in [0.2, 0.25) is 0 Å². The number of aryl methyl sites for hydroxylation is 2. The molecule has 0 aliphatic carbocycles. The largest absolute Gasteiger partial charge is 0.744 e. The molecule has 17 heavy (non-hydrogen) atoms. The van der Waals surface area contributed by atoms with Gasteiger partial charge in [0, 0.05) is 0 Å². The highest BCUT2D eigenvalue weighted by atomic mass is 32.2. The van der Waals surface area contributed by atoms with Crippen molar-refractivity contribution in [3.8, 4) is 0 Å². The van der Waals surface area contributed by atoms with Gasteiger partial charge in [-0.2, -0.15) is 0 Å². The number of hydrogen-bond acceptors (Lipinski definition) is 3.